The van der Waals surface area contributed by atoms with Gasteiger partial charge >= 0.3 is 5.97 Å². The van der Waals surface area contributed by atoms with Crippen molar-refractivity contribution in [3.8, 4) is 11.6 Å². The van der Waals surface area contributed by atoms with Crippen LogP contribution in [0.15, 0.2) is 70.5 Å². The molecule has 7 heteroatoms. The number of rotatable bonds is 6. The number of ether oxygens (including phenoxy) is 1. The first kappa shape index (κ1) is 21.3. The monoisotopic (exact) mass is 438 g/mol. The van der Waals surface area contributed by atoms with Gasteiger partial charge in [-0.05, 0) is 49.9 Å². The first-order chi connectivity index (χ1) is 15.0. The van der Waals surface area contributed by atoms with Gasteiger partial charge in [0.1, 0.15) is 0 Å². The number of hydrogen-bond donors (Lipinski definition) is 0. The van der Waals surface area contributed by atoms with E-state index < -0.39 is 15.8 Å². The molecule has 0 amide bonds. The Labute approximate surface area is 182 Å². The van der Waals surface area contributed by atoms with Crippen LogP contribution in [0.3, 0.4) is 0 Å². The number of benzene rings is 2. The highest BCUT2D eigenvalue weighted by atomic mass is 32.2. The van der Waals surface area contributed by atoms with Crippen LogP contribution in [0, 0.1) is 12.8 Å². The Bertz CT molecular complexity index is 1150. The number of carbonyl (C=O) groups excluding carboxylic acids is 1. The van der Waals surface area contributed by atoms with Crippen LogP contribution in [0.1, 0.15) is 44.2 Å². The quantitative estimate of drug-likeness (QED) is 0.512. The molecule has 1 aromatic heterocycles. The summed E-state index contributed by atoms with van der Waals surface area (Å²) in [7, 11) is -3.93. The third kappa shape index (κ3) is 4.56. The molecule has 6 nitrogen and oxygen atoms in total. The Hall–Kier alpha value is -2.93. The molecule has 31 heavy (non-hydrogen) atoms. The smallest absolute Gasteiger partial charge is 0.312 e. The van der Waals surface area contributed by atoms with E-state index in [4.69, 9.17) is 4.74 Å². The Morgan fingerprint density at radius 1 is 1.00 bits per heavy atom. The largest absolute Gasteiger partial charge is 0.406 e. The van der Waals surface area contributed by atoms with Gasteiger partial charge < -0.3 is 4.74 Å². The zero-order valence-corrected chi connectivity index (χ0v) is 18.3. The molecule has 1 aliphatic rings. The molecule has 1 saturated carbocycles. The summed E-state index contributed by atoms with van der Waals surface area (Å²) in [5, 5.41) is 4.43. The molecule has 0 aliphatic heterocycles. The van der Waals surface area contributed by atoms with Crippen molar-refractivity contribution in [3.63, 3.8) is 0 Å². The molecule has 0 spiro atoms. The molecule has 3 aromatic rings. The lowest BCUT2D eigenvalue weighted by Gasteiger charge is -2.20. The lowest BCUT2D eigenvalue weighted by atomic mass is 9.87. The second kappa shape index (κ2) is 9.06. The zero-order valence-electron chi connectivity index (χ0n) is 17.5. The van der Waals surface area contributed by atoms with Gasteiger partial charge in [-0.15, -0.1) is 0 Å². The van der Waals surface area contributed by atoms with E-state index in [-0.39, 0.29) is 33.7 Å². The maximum atomic E-state index is 13.4. The molecule has 1 fully saturated rings. The van der Waals surface area contributed by atoms with E-state index in [2.05, 4.69) is 5.10 Å². The lowest BCUT2D eigenvalue weighted by molar-refractivity contribution is -0.136. The molecular formula is C24H26N2O4S. The summed E-state index contributed by atoms with van der Waals surface area (Å²) >= 11 is 0. The van der Waals surface area contributed by atoms with Crippen LogP contribution in [0.25, 0.3) is 5.69 Å². The van der Waals surface area contributed by atoms with Gasteiger partial charge in [0.15, 0.2) is 4.90 Å². The van der Waals surface area contributed by atoms with E-state index in [9.17, 15) is 13.2 Å². The third-order valence-electron chi connectivity index (χ3n) is 5.68. The van der Waals surface area contributed by atoms with Crippen molar-refractivity contribution in [1.82, 2.24) is 9.78 Å². The highest BCUT2D eigenvalue weighted by Gasteiger charge is 2.32. The Kier molecular flexibility index (Phi) is 6.23. The minimum atomic E-state index is -3.93. The van der Waals surface area contributed by atoms with E-state index in [1.165, 1.54) is 23.2 Å². The molecular weight excluding hydrogens is 412 g/mol. The Morgan fingerprint density at radius 2 is 1.61 bits per heavy atom. The summed E-state index contributed by atoms with van der Waals surface area (Å²) in [6.45, 7) is 1.62. The van der Waals surface area contributed by atoms with Gasteiger partial charge in [0.2, 0.25) is 15.7 Å². The summed E-state index contributed by atoms with van der Waals surface area (Å²) in [4.78, 5) is 12.9. The van der Waals surface area contributed by atoms with Gasteiger partial charge in [-0.25, -0.2) is 8.42 Å². The summed E-state index contributed by atoms with van der Waals surface area (Å²) < 4.78 is 34.0. The molecule has 0 bridgehead atoms. The molecule has 2 aromatic carbocycles. The van der Waals surface area contributed by atoms with E-state index >= 15 is 0 Å². The minimum Gasteiger partial charge on any atom is -0.406 e. The van der Waals surface area contributed by atoms with Crippen molar-refractivity contribution in [1.29, 1.82) is 0 Å². The number of aromatic nitrogens is 2. The fourth-order valence-electron chi connectivity index (χ4n) is 4.13. The van der Waals surface area contributed by atoms with Gasteiger partial charge in [0.05, 0.1) is 16.3 Å². The van der Waals surface area contributed by atoms with Crippen LogP contribution >= 0.6 is 0 Å². The van der Waals surface area contributed by atoms with Crippen LogP contribution in [-0.2, 0) is 14.6 Å². The highest BCUT2D eigenvalue weighted by Crippen LogP contribution is 2.35. The van der Waals surface area contributed by atoms with Crippen LogP contribution in [0.4, 0.5) is 0 Å². The fourth-order valence-corrected chi connectivity index (χ4v) is 5.67. The van der Waals surface area contributed by atoms with Gasteiger partial charge in [0, 0.05) is 6.42 Å². The number of esters is 1. The van der Waals surface area contributed by atoms with Crippen molar-refractivity contribution in [2.24, 2.45) is 5.92 Å². The second-order valence-corrected chi connectivity index (χ2v) is 9.85. The van der Waals surface area contributed by atoms with E-state index in [0.29, 0.717) is 5.69 Å². The molecule has 162 valence electrons. The van der Waals surface area contributed by atoms with Crippen LogP contribution < -0.4 is 4.74 Å². The number of para-hydroxylation sites is 1. The molecule has 1 heterocycles. The van der Waals surface area contributed by atoms with Crippen LogP contribution in [-0.4, -0.2) is 24.2 Å². The molecule has 0 atom stereocenters. The molecule has 0 saturated heterocycles. The number of aryl methyl sites for hydroxylation is 1. The van der Waals surface area contributed by atoms with Gasteiger partial charge in [-0.2, -0.15) is 9.78 Å². The van der Waals surface area contributed by atoms with Crippen molar-refractivity contribution in [2.45, 2.75) is 55.2 Å². The third-order valence-corrected chi connectivity index (χ3v) is 7.58. The summed E-state index contributed by atoms with van der Waals surface area (Å²) in [5.41, 5.74) is 0.911. The normalized spacial score (nSPS) is 15.0. The minimum absolute atomic E-state index is 0.0478. The van der Waals surface area contributed by atoms with E-state index in [0.717, 1.165) is 25.7 Å². The fraction of sp³-hybridized carbons (Fsp3) is 0.333. The van der Waals surface area contributed by atoms with E-state index in [1.807, 2.05) is 18.2 Å². The summed E-state index contributed by atoms with van der Waals surface area (Å²) in [5.74, 6) is -0.188. The van der Waals surface area contributed by atoms with Crippen molar-refractivity contribution in [2.75, 3.05) is 0 Å². The lowest BCUT2D eigenvalue weighted by Crippen LogP contribution is -2.19. The van der Waals surface area contributed by atoms with Gasteiger partial charge in [-0.3, -0.25) is 4.79 Å². The number of carbonyl (C=O) groups is 1. The molecule has 4 rings (SSSR count). The maximum absolute atomic E-state index is 13.4. The average molecular weight is 439 g/mol. The van der Waals surface area contributed by atoms with Gasteiger partial charge in [-0.1, -0.05) is 55.7 Å². The summed E-state index contributed by atoms with van der Waals surface area (Å²) in [6, 6.07) is 17.2. The predicted molar refractivity (Wildman–Crippen MR) is 117 cm³/mol. The Balaban J connectivity index is 1.76. The first-order valence-corrected chi connectivity index (χ1v) is 12.1. The highest BCUT2D eigenvalue weighted by molar-refractivity contribution is 7.91. The topological polar surface area (TPSA) is 78.3 Å². The first-order valence-electron chi connectivity index (χ1n) is 10.6. The number of sulfone groups is 1. The van der Waals surface area contributed by atoms with Crippen LogP contribution in [0.5, 0.6) is 5.88 Å². The maximum Gasteiger partial charge on any atom is 0.312 e. The van der Waals surface area contributed by atoms with Gasteiger partial charge in [0.25, 0.3) is 0 Å². The average Bonchev–Trinajstić information content (AvgIpc) is 3.12. The van der Waals surface area contributed by atoms with Crippen molar-refractivity contribution in [3.05, 3.63) is 66.4 Å². The number of hydrogen-bond acceptors (Lipinski definition) is 5. The molecule has 0 N–H and O–H groups in total. The molecule has 1 aliphatic carbocycles. The predicted octanol–water partition coefficient (Wildman–Crippen LogP) is 4.89. The zero-order chi connectivity index (χ0) is 21.8. The Morgan fingerprint density at radius 3 is 2.26 bits per heavy atom. The van der Waals surface area contributed by atoms with Crippen LogP contribution in [0.2, 0.25) is 0 Å². The standard InChI is InChI=1S/C24H26N2O4S/c1-18-23(31(28,29)21-15-9-4-10-16-21)24(26(25-18)20-13-7-3-8-14-20)30-22(27)17-19-11-5-2-6-12-19/h3-4,7-10,13-16,19H,2,5-6,11-12,17H2,1H3. The molecule has 0 radical (unpaired) electrons. The number of nitrogens with zero attached hydrogens (tertiary/aromatic N) is 2. The molecule has 0 unspecified atom stereocenters. The van der Waals surface area contributed by atoms with Crippen molar-refractivity contribution < 1.29 is 17.9 Å². The summed E-state index contributed by atoms with van der Waals surface area (Å²) in [6.07, 6.45) is 5.72. The SMILES string of the molecule is Cc1nn(-c2ccccc2)c(OC(=O)CC2CCCCC2)c1S(=O)(=O)c1ccccc1. The second-order valence-electron chi connectivity index (χ2n) is 7.97. The van der Waals surface area contributed by atoms with E-state index in [1.54, 1.807) is 37.3 Å². The van der Waals surface area contributed by atoms with Crippen molar-refractivity contribution >= 4 is 15.8 Å².